The summed E-state index contributed by atoms with van der Waals surface area (Å²) in [4.78, 5) is 10.9. The predicted molar refractivity (Wildman–Crippen MR) is 84.1 cm³/mol. The second-order valence-corrected chi connectivity index (χ2v) is 4.66. The first-order valence-electron chi connectivity index (χ1n) is 6.63. The molecule has 0 heterocycles. The fourth-order valence-corrected chi connectivity index (χ4v) is 1.96. The highest BCUT2D eigenvalue weighted by Gasteiger charge is 2.05. The minimum atomic E-state index is -0.993. The van der Waals surface area contributed by atoms with Crippen LogP contribution in [0.3, 0.4) is 0 Å². The molecule has 3 N–H and O–H groups in total. The van der Waals surface area contributed by atoms with Gasteiger partial charge in [-0.25, -0.2) is 10.6 Å². The number of nitrogens with zero attached hydrogens (tertiary/aromatic N) is 2. The molecule has 0 aliphatic carbocycles. The van der Waals surface area contributed by atoms with Gasteiger partial charge in [0.05, 0.1) is 22.9 Å². The number of anilines is 1. The van der Waals surface area contributed by atoms with E-state index in [0.29, 0.717) is 17.7 Å². The molecule has 0 amide bonds. The standard InChI is InChI=1S/C17H15N3O2/c18-12-14-5-1-4-13(10-14)6-3-9-20(19)16-8-2-7-15(11-16)17(21)22/h1-5,7-11H,6,19H2,(H,21,22)/b9-3-. The number of hydrogen-bond donors (Lipinski definition) is 2. The zero-order chi connectivity index (χ0) is 15.9. The smallest absolute Gasteiger partial charge is 0.335 e. The number of allylic oxidation sites excluding steroid dienone is 1. The van der Waals surface area contributed by atoms with Crippen molar-refractivity contribution in [3.63, 3.8) is 0 Å². The van der Waals surface area contributed by atoms with Crippen molar-refractivity contribution in [2.75, 3.05) is 5.01 Å². The van der Waals surface area contributed by atoms with Crippen molar-refractivity contribution in [3.8, 4) is 6.07 Å². The average Bonchev–Trinajstić information content (AvgIpc) is 2.55. The van der Waals surface area contributed by atoms with Gasteiger partial charge in [-0.3, -0.25) is 5.01 Å². The van der Waals surface area contributed by atoms with E-state index in [-0.39, 0.29) is 5.56 Å². The lowest BCUT2D eigenvalue weighted by molar-refractivity contribution is 0.0697. The molecule has 0 bridgehead atoms. The fraction of sp³-hybridized carbons (Fsp3) is 0.0588. The maximum atomic E-state index is 10.9. The number of hydrogen-bond acceptors (Lipinski definition) is 4. The van der Waals surface area contributed by atoms with Crippen LogP contribution in [-0.2, 0) is 6.42 Å². The molecular weight excluding hydrogens is 278 g/mol. The van der Waals surface area contributed by atoms with Gasteiger partial charge >= 0.3 is 5.97 Å². The van der Waals surface area contributed by atoms with Gasteiger partial charge in [0.2, 0.25) is 0 Å². The summed E-state index contributed by atoms with van der Waals surface area (Å²) < 4.78 is 0. The fourth-order valence-electron chi connectivity index (χ4n) is 1.96. The Labute approximate surface area is 128 Å². The number of nitrogens with two attached hydrogens (primary N) is 1. The van der Waals surface area contributed by atoms with Gasteiger partial charge in [0.25, 0.3) is 0 Å². The summed E-state index contributed by atoms with van der Waals surface area (Å²) >= 11 is 0. The Morgan fingerprint density at radius 1 is 1.27 bits per heavy atom. The zero-order valence-electron chi connectivity index (χ0n) is 11.8. The van der Waals surface area contributed by atoms with E-state index in [1.54, 1.807) is 24.4 Å². The lowest BCUT2D eigenvalue weighted by Gasteiger charge is -2.14. The van der Waals surface area contributed by atoms with Crippen LogP contribution in [0, 0.1) is 11.3 Å². The van der Waals surface area contributed by atoms with Gasteiger partial charge in [-0.05, 0) is 42.3 Å². The number of carboxylic acid groups (broad SMARTS) is 1. The first-order chi connectivity index (χ1) is 10.6. The van der Waals surface area contributed by atoms with Crippen LogP contribution in [0.15, 0.2) is 60.8 Å². The van der Waals surface area contributed by atoms with E-state index in [1.165, 1.54) is 17.1 Å². The Bertz CT molecular complexity index is 748. The second kappa shape index (κ2) is 7.07. The minimum absolute atomic E-state index is 0.183. The molecule has 0 saturated carbocycles. The number of hydrazine groups is 1. The number of carbonyl (C=O) groups is 1. The molecule has 2 aromatic carbocycles. The van der Waals surface area contributed by atoms with Crippen molar-refractivity contribution in [1.82, 2.24) is 0 Å². The van der Waals surface area contributed by atoms with Crippen LogP contribution in [0.1, 0.15) is 21.5 Å². The van der Waals surface area contributed by atoms with E-state index in [4.69, 9.17) is 16.2 Å². The van der Waals surface area contributed by atoms with Crippen LogP contribution in [0.2, 0.25) is 0 Å². The van der Waals surface area contributed by atoms with E-state index in [9.17, 15) is 4.79 Å². The van der Waals surface area contributed by atoms with E-state index >= 15 is 0 Å². The molecule has 5 nitrogen and oxygen atoms in total. The maximum absolute atomic E-state index is 10.9. The Balaban J connectivity index is 2.05. The van der Waals surface area contributed by atoms with Crippen LogP contribution in [0.4, 0.5) is 5.69 Å². The zero-order valence-corrected chi connectivity index (χ0v) is 11.8. The van der Waals surface area contributed by atoms with Gasteiger partial charge in [0, 0.05) is 6.20 Å². The highest BCUT2D eigenvalue weighted by molar-refractivity contribution is 5.88. The Morgan fingerprint density at radius 3 is 2.77 bits per heavy atom. The van der Waals surface area contributed by atoms with Crippen molar-refractivity contribution in [3.05, 3.63) is 77.5 Å². The molecule has 0 fully saturated rings. The van der Waals surface area contributed by atoms with Gasteiger partial charge in [0.15, 0.2) is 0 Å². The third-order valence-corrected chi connectivity index (χ3v) is 3.07. The van der Waals surface area contributed by atoms with Crippen LogP contribution >= 0.6 is 0 Å². The van der Waals surface area contributed by atoms with E-state index in [1.807, 2.05) is 24.3 Å². The lowest BCUT2D eigenvalue weighted by Crippen LogP contribution is -2.24. The van der Waals surface area contributed by atoms with Crippen LogP contribution in [-0.4, -0.2) is 11.1 Å². The summed E-state index contributed by atoms with van der Waals surface area (Å²) in [6.45, 7) is 0. The van der Waals surface area contributed by atoms with Crippen molar-refractivity contribution < 1.29 is 9.90 Å². The van der Waals surface area contributed by atoms with Gasteiger partial charge in [0.1, 0.15) is 0 Å². The largest absolute Gasteiger partial charge is 0.478 e. The molecule has 0 atom stereocenters. The molecule has 0 aliphatic rings. The summed E-state index contributed by atoms with van der Waals surface area (Å²) in [5, 5.41) is 19.2. The molecule has 0 radical (unpaired) electrons. The highest BCUT2D eigenvalue weighted by Crippen LogP contribution is 2.14. The third-order valence-electron chi connectivity index (χ3n) is 3.07. The average molecular weight is 293 g/mol. The summed E-state index contributed by atoms with van der Waals surface area (Å²) in [6, 6.07) is 15.8. The van der Waals surface area contributed by atoms with E-state index in [2.05, 4.69) is 6.07 Å². The molecular formula is C17H15N3O2. The van der Waals surface area contributed by atoms with Gasteiger partial charge < -0.3 is 5.11 Å². The van der Waals surface area contributed by atoms with Gasteiger partial charge in [-0.15, -0.1) is 0 Å². The van der Waals surface area contributed by atoms with E-state index < -0.39 is 5.97 Å². The molecule has 2 rings (SSSR count). The summed E-state index contributed by atoms with van der Waals surface area (Å²) in [6.07, 6.45) is 4.14. The molecule has 5 heteroatoms. The van der Waals surface area contributed by atoms with Gasteiger partial charge in [-0.1, -0.05) is 24.3 Å². The first kappa shape index (κ1) is 15.3. The highest BCUT2D eigenvalue weighted by atomic mass is 16.4. The Morgan fingerprint density at radius 2 is 2.05 bits per heavy atom. The van der Waals surface area contributed by atoms with Crippen molar-refractivity contribution in [2.24, 2.45) is 5.84 Å². The topological polar surface area (TPSA) is 90.4 Å². The quantitative estimate of drug-likeness (QED) is 0.653. The SMILES string of the molecule is N#Cc1cccc(C/C=C\N(N)c2cccc(C(=O)O)c2)c1. The minimum Gasteiger partial charge on any atom is -0.478 e. The molecule has 0 aromatic heterocycles. The summed E-state index contributed by atoms with van der Waals surface area (Å²) in [7, 11) is 0. The molecule has 0 aliphatic heterocycles. The molecule has 22 heavy (non-hydrogen) atoms. The van der Waals surface area contributed by atoms with Gasteiger partial charge in [-0.2, -0.15) is 5.26 Å². The molecule has 0 spiro atoms. The summed E-state index contributed by atoms with van der Waals surface area (Å²) in [5.74, 6) is 4.89. The molecule has 0 unspecified atom stereocenters. The first-order valence-corrected chi connectivity index (χ1v) is 6.63. The normalized spacial score (nSPS) is 10.4. The second-order valence-electron chi connectivity index (χ2n) is 4.66. The number of carboxylic acids is 1. The third kappa shape index (κ3) is 3.95. The van der Waals surface area contributed by atoms with Crippen molar-refractivity contribution >= 4 is 11.7 Å². The Hall–Kier alpha value is -3.10. The van der Waals surface area contributed by atoms with Crippen molar-refractivity contribution in [2.45, 2.75) is 6.42 Å². The number of rotatable bonds is 5. The predicted octanol–water partition coefficient (Wildman–Crippen LogP) is 2.69. The number of aromatic carboxylic acids is 1. The molecule has 0 saturated heterocycles. The van der Waals surface area contributed by atoms with E-state index in [0.717, 1.165) is 5.56 Å². The maximum Gasteiger partial charge on any atom is 0.335 e. The van der Waals surface area contributed by atoms with Crippen LogP contribution in [0.5, 0.6) is 0 Å². The Kier molecular flexibility index (Phi) is 4.91. The number of benzene rings is 2. The summed E-state index contributed by atoms with van der Waals surface area (Å²) in [5.41, 5.74) is 2.39. The number of nitriles is 1. The molecule has 110 valence electrons. The monoisotopic (exact) mass is 293 g/mol. The molecule has 2 aromatic rings. The van der Waals surface area contributed by atoms with Crippen molar-refractivity contribution in [1.29, 1.82) is 5.26 Å². The van der Waals surface area contributed by atoms with Crippen LogP contribution < -0.4 is 10.9 Å². The lowest BCUT2D eigenvalue weighted by atomic mass is 10.1. The van der Waals surface area contributed by atoms with Crippen LogP contribution in [0.25, 0.3) is 0 Å².